The number of rotatable bonds is 7. The zero-order chi connectivity index (χ0) is 12.2. The summed E-state index contributed by atoms with van der Waals surface area (Å²) >= 11 is 0. The Hall–Kier alpha value is 0.944. The van der Waals surface area contributed by atoms with E-state index in [1.54, 1.807) is 7.11 Å². The fourth-order valence-electron chi connectivity index (χ4n) is 1.75. The molecular weight excluding hydrogens is 295 g/mol. The van der Waals surface area contributed by atoms with Crippen LogP contribution in [0.5, 0.6) is 0 Å². The monoisotopic (exact) mass is 322 g/mol. The fraction of sp³-hybridized carbons (Fsp3) is 1.00. The van der Waals surface area contributed by atoms with Crippen molar-refractivity contribution in [1.29, 1.82) is 0 Å². The van der Waals surface area contributed by atoms with Crippen LogP contribution in [-0.2, 0) is 42.2 Å². The number of methoxy groups -OCH3 is 1. The van der Waals surface area contributed by atoms with Gasteiger partial charge in [-0.05, 0) is 12.8 Å². The summed E-state index contributed by atoms with van der Waals surface area (Å²) in [7, 11) is 1.78. The Bertz CT molecular complexity index is 150. The van der Waals surface area contributed by atoms with Crippen molar-refractivity contribution in [3.05, 3.63) is 0 Å². The first-order chi connectivity index (χ1) is 7.86. The minimum absolute atomic E-state index is 0. The predicted molar refractivity (Wildman–Crippen MR) is 65.7 cm³/mol. The summed E-state index contributed by atoms with van der Waals surface area (Å²) in [6.45, 7) is 8.59. The van der Waals surface area contributed by atoms with E-state index in [-0.39, 0.29) is 39.3 Å². The molecule has 101 valence electrons. The Kier molecular flexibility index (Phi) is 17.9. The molecule has 0 bridgehead atoms. The van der Waals surface area contributed by atoms with Gasteiger partial charge < -0.3 is 19.5 Å². The van der Waals surface area contributed by atoms with Crippen LogP contribution in [0.3, 0.4) is 0 Å². The summed E-state index contributed by atoms with van der Waals surface area (Å²) in [5, 5.41) is 8.49. The van der Waals surface area contributed by atoms with E-state index in [0.717, 1.165) is 39.1 Å². The number of aliphatic hydroxyl groups excluding tert-OH is 1. The first kappa shape index (κ1) is 20.3. The zero-order valence-electron chi connectivity index (χ0n) is 11.5. The van der Waals surface area contributed by atoms with Crippen LogP contribution in [0.2, 0.25) is 0 Å². The first-order valence-electron chi connectivity index (χ1n) is 6.30. The predicted octanol–water partition coefficient (Wildman–Crippen LogP) is 1.13. The van der Waals surface area contributed by atoms with Crippen LogP contribution < -0.4 is 0 Å². The van der Waals surface area contributed by atoms with Crippen LogP contribution >= 0.6 is 0 Å². The van der Waals surface area contributed by atoms with Crippen LogP contribution in [0.15, 0.2) is 0 Å². The summed E-state index contributed by atoms with van der Waals surface area (Å²) in [4.78, 5) is 2.40. The van der Waals surface area contributed by atoms with Crippen LogP contribution in [0.1, 0.15) is 26.7 Å². The van der Waals surface area contributed by atoms with Crippen molar-refractivity contribution in [3.8, 4) is 0 Å². The molecule has 1 atom stereocenters. The molecule has 1 fully saturated rings. The van der Waals surface area contributed by atoms with Crippen molar-refractivity contribution >= 4 is 0 Å². The molecule has 0 aromatic carbocycles. The van der Waals surface area contributed by atoms with Gasteiger partial charge in [0.15, 0.2) is 0 Å². The molecule has 0 spiro atoms. The van der Waals surface area contributed by atoms with Gasteiger partial charge in [-0.25, -0.2) is 0 Å². The number of hydrogen-bond acceptors (Lipinski definition) is 4. The fourth-order valence-corrected chi connectivity index (χ4v) is 1.75. The molecule has 1 unspecified atom stereocenters. The molecule has 1 aliphatic rings. The average molecular weight is 322 g/mol. The van der Waals surface area contributed by atoms with Gasteiger partial charge in [0.2, 0.25) is 0 Å². The smallest absolute Gasteiger partial charge is 0.0710 e. The Morgan fingerprint density at radius 3 is 2.53 bits per heavy atom. The Labute approximate surface area is 131 Å². The molecule has 0 aliphatic carbocycles. The van der Waals surface area contributed by atoms with E-state index in [1.165, 1.54) is 0 Å². The molecular formula is C12H27NO3Y. The minimum atomic E-state index is 0. The number of likely N-dealkylation sites (tertiary alicyclic amines) is 1. The number of nitrogens with zero attached hydrogens (tertiary/aromatic N) is 1. The molecule has 1 radical (unpaired) electrons. The van der Waals surface area contributed by atoms with E-state index in [0.29, 0.717) is 12.7 Å². The third kappa shape index (κ3) is 10.5. The Morgan fingerprint density at radius 1 is 1.29 bits per heavy atom. The summed E-state index contributed by atoms with van der Waals surface area (Å²) in [5.74, 6) is 0. The topological polar surface area (TPSA) is 41.9 Å². The van der Waals surface area contributed by atoms with Gasteiger partial charge in [0, 0.05) is 66.1 Å². The van der Waals surface area contributed by atoms with Gasteiger partial charge in [-0.1, -0.05) is 13.8 Å². The summed E-state index contributed by atoms with van der Waals surface area (Å²) < 4.78 is 10.5. The van der Waals surface area contributed by atoms with Gasteiger partial charge in [-0.3, -0.25) is 0 Å². The van der Waals surface area contributed by atoms with E-state index in [1.807, 2.05) is 13.8 Å². The van der Waals surface area contributed by atoms with Gasteiger partial charge in [-0.2, -0.15) is 0 Å². The van der Waals surface area contributed by atoms with Crippen molar-refractivity contribution in [3.63, 3.8) is 0 Å². The normalized spacial score (nSPS) is 19.4. The standard InChI is InChI=1S/C10H21NO3.C2H6.Y/c1-13-10-3-5-11(9-10)4-2-7-14-8-6-12;1-2;/h10,12H,2-9H2,1H3;1-2H3;. The number of aliphatic hydroxyl groups is 1. The van der Waals surface area contributed by atoms with Gasteiger partial charge in [0.1, 0.15) is 0 Å². The zero-order valence-corrected chi connectivity index (χ0v) is 14.4. The SMILES string of the molecule is CC.COC1CCN(CCCOCCO)C1.[Y]. The molecule has 4 nitrogen and oxygen atoms in total. The summed E-state index contributed by atoms with van der Waals surface area (Å²) in [5.41, 5.74) is 0. The molecule has 0 amide bonds. The molecule has 1 aliphatic heterocycles. The Morgan fingerprint density at radius 2 is 2.00 bits per heavy atom. The minimum Gasteiger partial charge on any atom is -0.394 e. The average Bonchev–Trinajstić information content (AvgIpc) is 2.79. The molecule has 0 aromatic rings. The third-order valence-corrected chi connectivity index (χ3v) is 2.56. The number of ether oxygens (including phenoxy) is 2. The van der Waals surface area contributed by atoms with Crippen LogP contribution in [0, 0.1) is 0 Å². The van der Waals surface area contributed by atoms with Crippen molar-refractivity contribution < 1.29 is 47.3 Å². The summed E-state index contributed by atoms with van der Waals surface area (Å²) in [6, 6.07) is 0. The molecule has 5 heteroatoms. The van der Waals surface area contributed by atoms with E-state index in [4.69, 9.17) is 14.6 Å². The third-order valence-electron chi connectivity index (χ3n) is 2.56. The maximum Gasteiger partial charge on any atom is 0.0710 e. The van der Waals surface area contributed by atoms with Crippen LogP contribution in [0.4, 0.5) is 0 Å². The van der Waals surface area contributed by atoms with E-state index >= 15 is 0 Å². The van der Waals surface area contributed by atoms with Crippen molar-refractivity contribution in [2.24, 2.45) is 0 Å². The van der Waals surface area contributed by atoms with Crippen molar-refractivity contribution in [1.82, 2.24) is 4.90 Å². The summed E-state index contributed by atoms with van der Waals surface area (Å²) in [6.07, 6.45) is 2.61. The Balaban J connectivity index is 0. The van der Waals surface area contributed by atoms with Gasteiger partial charge >= 0.3 is 0 Å². The second kappa shape index (κ2) is 15.0. The van der Waals surface area contributed by atoms with Crippen LogP contribution in [0.25, 0.3) is 0 Å². The first-order valence-corrected chi connectivity index (χ1v) is 6.30. The van der Waals surface area contributed by atoms with E-state index < -0.39 is 0 Å². The molecule has 17 heavy (non-hydrogen) atoms. The maximum atomic E-state index is 8.49. The molecule has 1 rings (SSSR count). The van der Waals surface area contributed by atoms with E-state index in [2.05, 4.69) is 4.90 Å². The van der Waals surface area contributed by atoms with Crippen LogP contribution in [-0.4, -0.2) is 62.7 Å². The molecule has 0 aromatic heterocycles. The van der Waals surface area contributed by atoms with E-state index in [9.17, 15) is 0 Å². The molecule has 0 saturated carbocycles. The second-order valence-corrected chi connectivity index (χ2v) is 3.64. The van der Waals surface area contributed by atoms with Gasteiger partial charge in [0.05, 0.1) is 19.3 Å². The number of hydrogen-bond donors (Lipinski definition) is 1. The second-order valence-electron chi connectivity index (χ2n) is 3.64. The van der Waals surface area contributed by atoms with Crippen molar-refractivity contribution in [2.75, 3.05) is 46.6 Å². The molecule has 1 saturated heterocycles. The largest absolute Gasteiger partial charge is 0.394 e. The van der Waals surface area contributed by atoms with Crippen molar-refractivity contribution in [2.45, 2.75) is 32.8 Å². The van der Waals surface area contributed by atoms with Gasteiger partial charge in [-0.15, -0.1) is 0 Å². The quantitative estimate of drug-likeness (QED) is 0.714. The maximum absolute atomic E-state index is 8.49. The van der Waals surface area contributed by atoms with Gasteiger partial charge in [0.25, 0.3) is 0 Å². The molecule has 1 heterocycles. The molecule has 1 N–H and O–H groups in total.